The van der Waals surface area contributed by atoms with Gasteiger partial charge in [-0.2, -0.15) is 13.2 Å². The Hall–Kier alpha value is -2.77. The van der Waals surface area contributed by atoms with E-state index in [1.54, 1.807) is 0 Å². The maximum absolute atomic E-state index is 12.5. The molecular weight excluding hydrogens is 359 g/mol. The molecule has 1 N–H and O–H groups in total. The number of rotatable bonds is 5. The quantitative estimate of drug-likeness (QED) is 0.865. The number of benzene rings is 1. The minimum absolute atomic E-state index is 0.00670. The molecule has 0 bridgehead atoms. The van der Waals surface area contributed by atoms with E-state index in [2.05, 4.69) is 19.9 Å². The van der Waals surface area contributed by atoms with Gasteiger partial charge in [-0.05, 0) is 37.1 Å². The highest BCUT2D eigenvalue weighted by molar-refractivity contribution is 5.96. The van der Waals surface area contributed by atoms with Gasteiger partial charge >= 0.3 is 6.18 Å². The second-order valence-electron chi connectivity index (χ2n) is 6.33. The van der Waals surface area contributed by atoms with Gasteiger partial charge in [0.25, 0.3) is 5.91 Å². The molecule has 144 valence electrons. The zero-order valence-corrected chi connectivity index (χ0v) is 14.6. The number of hydrogen-bond donors (Lipinski definition) is 1. The molecular formula is C19H20F3N3O2. The number of piperidine rings is 1. The number of carbonyl (C=O) groups is 1. The molecule has 1 fully saturated rings. The van der Waals surface area contributed by atoms with Crippen molar-refractivity contribution >= 4 is 11.6 Å². The molecule has 27 heavy (non-hydrogen) atoms. The fourth-order valence-corrected chi connectivity index (χ4v) is 3.01. The first-order valence-electron chi connectivity index (χ1n) is 8.68. The van der Waals surface area contributed by atoms with Crippen molar-refractivity contribution in [2.24, 2.45) is 0 Å². The summed E-state index contributed by atoms with van der Waals surface area (Å²) in [6.45, 7) is 0.0959. The van der Waals surface area contributed by atoms with Crippen LogP contribution in [0.1, 0.15) is 23.2 Å². The summed E-state index contributed by atoms with van der Waals surface area (Å²) in [5.74, 6) is -0.785. The molecule has 1 saturated heterocycles. The molecule has 0 saturated carbocycles. The Morgan fingerprint density at radius 1 is 1.15 bits per heavy atom. The number of carbonyl (C=O) groups excluding carboxylic acids is 1. The summed E-state index contributed by atoms with van der Waals surface area (Å²) in [6, 6.07) is 12.9. The summed E-state index contributed by atoms with van der Waals surface area (Å²) in [7, 11) is 0. The lowest BCUT2D eigenvalue weighted by molar-refractivity contribution is -0.154. The van der Waals surface area contributed by atoms with Crippen molar-refractivity contribution in [3.05, 3.63) is 54.2 Å². The molecule has 1 aromatic carbocycles. The number of para-hydroxylation sites is 1. The van der Waals surface area contributed by atoms with E-state index in [1.807, 2.05) is 30.3 Å². The highest BCUT2D eigenvalue weighted by Gasteiger charge is 2.30. The van der Waals surface area contributed by atoms with Crippen molar-refractivity contribution in [1.82, 2.24) is 10.3 Å². The average molecular weight is 379 g/mol. The summed E-state index contributed by atoms with van der Waals surface area (Å²) in [5.41, 5.74) is 1.14. The van der Waals surface area contributed by atoms with E-state index >= 15 is 0 Å². The number of nitrogens with one attached hydrogen (secondary N) is 1. The van der Waals surface area contributed by atoms with Gasteiger partial charge in [-0.3, -0.25) is 4.79 Å². The van der Waals surface area contributed by atoms with E-state index in [4.69, 9.17) is 0 Å². The van der Waals surface area contributed by atoms with Crippen LogP contribution < -0.4 is 15.0 Å². The third-order valence-electron chi connectivity index (χ3n) is 4.34. The highest BCUT2D eigenvalue weighted by atomic mass is 19.4. The number of aromatic nitrogens is 1. The zero-order valence-electron chi connectivity index (χ0n) is 14.6. The molecule has 0 radical (unpaired) electrons. The molecule has 2 heterocycles. The number of pyridine rings is 1. The van der Waals surface area contributed by atoms with Crippen molar-refractivity contribution in [2.45, 2.75) is 25.1 Å². The first-order valence-corrected chi connectivity index (χ1v) is 8.68. The fraction of sp³-hybridized carbons (Fsp3) is 0.368. The number of halogens is 3. The van der Waals surface area contributed by atoms with Crippen molar-refractivity contribution in [3.63, 3.8) is 0 Å². The predicted molar refractivity (Wildman–Crippen MR) is 94.9 cm³/mol. The van der Waals surface area contributed by atoms with Crippen LogP contribution in [0, 0.1) is 0 Å². The topological polar surface area (TPSA) is 54.5 Å². The van der Waals surface area contributed by atoms with E-state index in [0.717, 1.165) is 31.6 Å². The largest absolute Gasteiger partial charge is 0.467 e. The standard InChI is InChI=1S/C19H20F3N3O2/c20-19(21,22)13-27-18-16(7-4-10-23-18)17(26)24-14-8-11-25(12-9-14)15-5-2-1-3-6-15/h1-7,10,14H,8-9,11-13H2,(H,24,26). The minimum Gasteiger partial charge on any atom is -0.467 e. The van der Waals surface area contributed by atoms with Crippen LogP contribution in [0.4, 0.5) is 18.9 Å². The monoisotopic (exact) mass is 379 g/mol. The lowest BCUT2D eigenvalue weighted by Gasteiger charge is -2.34. The van der Waals surface area contributed by atoms with Crippen molar-refractivity contribution in [1.29, 1.82) is 0 Å². The molecule has 2 aromatic rings. The molecule has 5 nitrogen and oxygen atoms in total. The van der Waals surface area contributed by atoms with Crippen LogP contribution in [-0.4, -0.2) is 42.8 Å². The first-order chi connectivity index (χ1) is 12.9. The second-order valence-corrected chi connectivity index (χ2v) is 6.33. The van der Waals surface area contributed by atoms with Gasteiger partial charge in [-0.15, -0.1) is 0 Å². The van der Waals surface area contributed by atoms with Gasteiger partial charge in [0.2, 0.25) is 5.88 Å². The molecule has 0 spiro atoms. The maximum Gasteiger partial charge on any atom is 0.422 e. The average Bonchev–Trinajstić information content (AvgIpc) is 2.67. The summed E-state index contributed by atoms with van der Waals surface area (Å²) in [4.78, 5) is 18.5. The van der Waals surface area contributed by atoms with Gasteiger partial charge in [0.15, 0.2) is 6.61 Å². The molecule has 1 aliphatic rings. The van der Waals surface area contributed by atoms with E-state index in [1.165, 1.54) is 18.3 Å². The molecule has 0 atom stereocenters. The van der Waals surface area contributed by atoms with Crippen LogP contribution in [0.2, 0.25) is 0 Å². The Kier molecular flexibility index (Phi) is 5.83. The minimum atomic E-state index is -4.49. The Morgan fingerprint density at radius 2 is 1.85 bits per heavy atom. The Labute approximate surface area is 155 Å². The second kappa shape index (κ2) is 8.28. The van der Waals surface area contributed by atoms with E-state index in [-0.39, 0.29) is 17.5 Å². The summed E-state index contributed by atoms with van der Waals surface area (Å²) < 4.78 is 41.8. The Morgan fingerprint density at radius 3 is 2.52 bits per heavy atom. The molecule has 8 heteroatoms. The molecule has 0 unspecified atom stereocenters. The van der Waals surface area contributed by atoms with Crippen molar-refractivity contribution in [2.75, 3.05) is 24.6 Å². The van der Waals surface area contributed by atoms with Crippen LogP contribution in [0.15, 0.2) is 48.7 Å². The van der Waals surface area contributed by atoms with Crippen LogP contribution in [0.25, 0.3) is 0 Å². The SMILES string of the molecule is O=C(NC1CCN(c2ccccc2)CC1)c1cccnc1OCC(F)(F)F. The van der Waals surface area contributed by atoms with Crippen LogP contribution in [0.3, 0.4) is 0 Å². The smallest absolute Gasteiger partial charge is 0.422 e. The summed E-state index contributed by atoms with van der Waals surface area (Å²) in [5, 5.41) is 2.88. The van der Waals surface area contributed by atoms with Gasteiger partial charge in [-0.25, -0.2) is 4.98 Å². The number of hydrogen-bond acceptors (Lipinski definition) is 4. The molecule has 1 aromatic heterocycles. The summed E-state index contributed by atoms with van der Waals surface area (Å²) in [6.07, 6.45) is -1.70. The highest BCUT2D eigenvalue weighted by Crippen LogP contribution is 2.22. The number of amides is 1. The third-order valence-corrected chi connectivity index (χ3v) is 4.34. The van der Waals surface area contributed by atoms with Crippen LogP contribution in [-0.2, 0) is 0 Å². The number of ether oxygens (including phenoxy) is 1. The molecule has 1 amide bonds. The van der Waals surface area contributed by atoms with Crippen molar-refractivity contribution in [3.8, 4) is 5.88 Å². The molecule has 1 aliphatic heterocycles. The normalized spacial score (nSPS) is 15.4. The third kappa shape index (κ3) is 5.35. The van der Waals surface area contributed by atoms with Crippen LogP contribution in [0.5, 0.6) is 5.88 Å². The molecule has 0 aliphatic carbocycles. The Bertz CT molecular complexity index is 760. The fourth-order valence-electron chi connectivity index (χ4n) is 3.01. The first kappa shape index (κ1) is 19.0. The number of anilines is 1. The van der Waals surface area contributed by atoms with E-state index < -0.39 is 18.7 Å². The van der Waals surface area contributed by atoms with Crippen molar-refractivity contribution < 1.29 is 22.7 Å². The van der Waals surface area contributed by atoms with Gasteiger partial charge in [0.1, 0.15) is 5.56 Å². The summed E-state index contributed by atoms with van der Waals surface area (Å²) >= 11 is 0. The van der Waals surface area contributed by atoms with Gasteiger partial charge < -0.3 is 15.0 Å². The van der Waals surface area contributed by atoms with Crippen LogP contribution >= 0.6 is 0 Å². The van der Waals surface area contributed by atoms with Gasteiger partial charge in [-0.1, -0.05) is 18.2 Å². The van der Waals surface area contributed by atoms with E-state index in [9.17, 15) is 18.0 Å². The zero-order chi connectivity index (χ0) is 19.3. The van der Waals surface area contributed by atoms with Gasteiger partial charge in [0, 0.05) is 31.0 Å². The lowest BCUT2D eigenvalue weighted by atomic mass is 10.0. The Balaban J connectivity index is 1.57. The number of alkyl halides is 3. The maximum atomic E-state index is 12.5. The van der Waals surface area contributed by atoms with Gasteiger partial charge in [0.05, 0.1) is 0 Å². The van der Waals surface area contributed by atoms with E-state index in [0.29, 0.717) is 0 Å². The molecule has 3 rings (SSSR count). The lowest BCUT2D eigenvalue weighted by Crippen LogP contribution is -2.44. The predicted octanol–water partition coefficient (Wildman–Crippen LogP) is 3.42. The number of nitrogens with zero attached hydrogens (tertiary/aromatic N) is 2.